The normalized spacial score (nSPS) is 13.2. The Balaban J connectivity index is 4.40. The van der Waals surface area contributed by atoms with Crippen LogP contribution >= 0.6 is 0 Å². The van der Waals surface area contributed by atoms with Crippen LogP contribution in [0.5, 0.6) is 0 Å². The number of ether oxygens (including phenoxy) is 3. The smallest absolute Gasteiger partial charge is 0.306 e. The van der Waals surface area contributed by atoms with E-state index in [9.17, 15) is 19.5 Å². The molecule has 0 spiro atoms. The van der Waals surface area contributed by atoms with E-state index in [1.165, 1.54) is 64.2 Å². The molecule has 0 amide bonds. The maximum Gasteiger partial charge on any atom is 0.306 e. The summed E-state index contributed by atoms with van der Waals surface area (Å²) in [4.78, 5) is 36.3. The van der Waals surface area contributed by atoms with Crippen molar-refractivity contribution in [3.8, 4) is 0 Å². The molecule has 2 atom stereocenters. The van der Waals surface area contributed by atoms with Gasteiger partial charge in [0, 0.05) is 19.3 Å². The first-order chi connectivity index (χ1) is 21.1. The second-order valence-corrected chi connectivity index (χ2v) is 13.1. The Hall–Kier alpha value is -1.93. The summed E-state index contributed by atoms with van der Waals surface area (Å²) in [7, 11) is 5.38. The van der Waals surface area contributed by atoms with E-state index < -0.39 is 18.1 Å². The zero-order valence-corrected chi connectivity index (χ0v) is 29.1. The van der Waals surface area contributed by atoms with Crippen molar-refractivity contribution in [3.63, 3.8) is 0 Å². The van der Waals surface area contributed by atoms with Crippen molar-refractivity contribution in [2.75, 3.05) is 41.0 Å². The number of unbranched alkanes of at least 4 members (excludes halogenated alkanes) is 15. The van der Waals surface area contributed by atoms with Gasteiger partial charge in [0.05, 0.1) is 40.3 Å². The Labute approximate surface area is 269 Å². The minimum atomic E-state index is -1.13. The maximum atomic E-state index is 12.6. The van der Waals surface area contributed by atoms with E-state index in [-0.39, 0.29) is 42.7 Å². The number of likely N-dealkylation sites (N-methyl/N-ethyl adjacent to an activating group) is 1. The third-order valence-electron chi connectivity index (χ3n) is 7.90. The minimum Gasteiger partial charge on any atom is -0.544 e. The van der Waals surface area contributed by atoms with Gasteiger partial charge in [0.1, 0.15) is 12.6 Å². The average molecular weight is 626 g/mol. The molecule has 0 aliphatic carbocycles. The number of carboxylic acids is 1. The molecule has 0 heterocycles. The molecule has 0 aliphatic heterocycles. The van der Waals surface area contributed by atoms with Gasteiger partial charge in [-0.15, -0.1) is 0 Å². The van der Waals surface area contributed by atoms with E-state index in [4.69, 9.17) is 14.2 Å². The SMILES string of the molecule is CCCCCCC/C=C\CCCCCCCC(=O)OC(COCCC(C(=O)[O-])[N+](C)(C)C)COC(=O)CCCCCCCC. The van der Waals surface area contributed by atoms with Crippen LogP contribution in [0.3, 0.4) is 0 Å². The first-order valence-electron chi connectivity index (χ1n) is 17.7. The van der Waals surface area contributed by atoms with E-state index in [0.717, 1.165) is 51.4 Å². The van der Waals surface area contributed by atoms with E-state index in [2.05, 4.69) is 26.0 Å². The van der Waals surface area contributed by atoms with E-state index in [1.807, 2.05) is 0 Å². The Morgan fingerprint density at radius 2 is 1.14 bits per heavy atom. The topological polar surface area (TPSA) is 102 Å². The molecular weight excluding hydrogens is 558 g/mol. The lowest BCUT2D eigenvalue weighted by Crippen LogP contribution is -2.55. The molecule has 0 aromatic carbocycles. The number of hydrogen-bond donors (Lipinski definition) is 0. The Bertz CT molecular complexity index is 747. The van der Waals surface area contributed by atoms with E-state index in [1.54, 1.807) is 21.1 Å². The summed E-state index contributed by atoms with van der Waals surface area (Å²) in [6.07, 6.45) is 25.4. The van der Waals surface area contributed by atoms with Gasteiger partial charge in [0.2, 0.25) is 0 Å². The summed E-state index contributed by atoms with van der Waals surface area (Å²) in [6, 6.07) is -0.720. The first-order valence-corrected chi connectivity index (χ1v) is 17.7. The molecule has 0 N–H and O–H groups in total. The quantitative estimate of drug-likeness (QED) is 0.0351. The lowest BCUT2D eigenvalue weighted by Gasteiger charge is -2.34. The summed E-state index contributed by atoms with van der Waals surface area (Å²) in [6.45, 7) is 4.56. The van der Waals surface area contributed by atoms with Crippen LogP contribution in [0.15, 0.2) is 12.2 Å². The summed E-state index contributed by atoms with van der Waals surface area (Å²) in [5.41, 5.74) is 0. The molecule has 0 aromatic rings. The standard InChI is InChI=1S/C36H67NO7/c1-6-8-10-12-14-15-16-17-18-19-20-21-23-25-27-35(39)44-32(30-42-29-28-33(36(40)41)37(3,4)5)31-43-34(38)26-24-22-13-11-9-7-2/h16-17,32-33H,6-15,18-31H2,1-5H3/b17-16-. The average Bonchev–Trinajstić information content (AvgIpc) is 2.96. The van der Waals surface area contributed by atoms with Gasteiger partial charge < -0.3 is 28.6 Å². The Morgan fingerprint density at radius 3 is 1.64 bits per heavy atom. The van der Waals surface area contributed by atoms with Crippen molar-refractivity contribution in [2.45, 2.75) is 161 Å². The predicted octanol–water partition coefficient (Wildman–Crippen LogP) is 7.07. The number of rotatable bonds is 31. The highest BCUT2D eigenvalue weighted by Gasteiger charge is 2.25. The van der Waals surface area contributed by atoms with Gasteiger partial charge in [-0.3, -0.25) is 9.59 Å². The molecule has 0 saturated heterocycles. The number of aliphatic carboxylic acids is 1. The zero-order valence-electron chi connectivity index (χ0n) is 29.1. The molecule has 0 aliphatic rings. The molecule has 8 heteroatoms. The molecule has 258 valence electrons. The molecule has 0 radical (unpaired) electrons. The summed E-state index contributed by atoms with van der Waals surface area (Å²) in [5.74, 6) is -1.76. The second-order valence-electron chi connectivity index (χ2n) is 13.1. The highest BCUT2D eigenvalue weighted by atomic mass is 16.6. The fourth-order valence-electron chi connectivity index (χ4n) is 5.06. The fraction of sp³-hybridized carbons (Fsp3) is 0.861. The lowest BCUT2D eigenvalue weighted by molar-refractivity contribution is -0.889. The Kier molecular flexibility index (Phi) is 27.3. The summed E-state index contributed by atoms with van der Waals surface area (Å²) >= 11 is 0. The summed E-state index contributed by atoms with van der Waals surface area (Å²) < 4.78 is 17.0. The van der Waals surface area contributed by atoms with Crippen molar-refractivity contribution in [1.29, 1.82) is 0 Å². The van der Waals surface area contributed by atoms with Crippen LogP contribution in [0.25, 0.3) is 0 Å². The third-order valence-corrected chi connectivity index (χ3v) is 7.90. The predicted molar refractivity (Wildman–Crippen MR) is 176 cm³/mol. The van der Waals surface area contributed by atoms with Crippen molar-refractivity contribution >= 4 is 17.9 Å². The molecule has 0 bridgehead atoms. The Morgan fingerprint density at radius 1 is 0.659 bits per heavy atom. The number of quaternary nitrogens is 1. The van der Waals surface area contributed by atoms with Crippen LogP contribution in [-0.2, 0) is 28.6 Å². The number of carbonyl (C=O) groups excluding carboxylic acids is 3. The fourth-order valence-corrected chi connectivity index (χ4v) is 5.06. The molecule has 2 unspecified atom stereocenters. The molecule has 8 nitrogen and oxygen atoms in total. The lowest BCUT2D eigenvalue weighted by atomic mass is 10.1. The number of esters is 2. The molecular formula is C36H67NO7. The van der Waals surface area contributed by atoms with Crippen molar-refractivity contribution in [3.05, 3.63) is 12.2 Å². The zero-order chi connectivity index (χ0) is 32.9. The maximum absolute atomic E-state index is 12.6. The molecule has 0 fully saturated rings. The van der Waals surface area contributed by atoms with Crippen LogP contribution in [0.2, 0.25) is 0 Å². The largest absolute Gasteiger partial charge is 0.544 e. The van der Waals surface area contributed by atoms with Crippen molar-refractivity contribution in [1.82, 2.24) is 0 Å². The van der Waals surface area contributed by atoms with E-state index >= 15 is 0 Å². The molecule has 44 heavy (non-hydrogen) atoms. The number of hydrogen-bond acceptors (Lipinski definition) is 7. The first kappa shape index (κ1) is 42.1. The minimum absolute atomic E-state index is 0.0409. The number of allylic oxidation sites excluding steroid dienone is 2. The van der Waals surface area contributed by atoms with Crippen LogP contribution in [0, 0.1) is 0 Å². The molecule has 0 rings (SSSR count). The number of carbonyl (C=O) groups is 3. The van der Waals surface area contributed by atoms with Crippen LogP contribution in [0.4, 0.5) is 0 Å². The monoisotopic (exact) mass is 625 g/mol. The van der Waals surface area contributed by atoms with Crippen LogP contribution in [0.1, 0.15) is 149 Å². The number of nitrogens with zero attached hydrogens (tertiary/aromatic N) is 1. The van der Waals surface area contributed by atoms with Gasteiger partial charge in [-0.1, -0.05) is 103 Å². The highest BCUT2D eigenvalue weighted by molar-refractivity contribution is 5.70. The van der Waals surface area contributed by atoms with Gasteiger partial charge >= 0.3 is 11.9 Å². The third kappa shape index (κ3) is 26.5. The van der Waals surface area contributed by atoms with Gasteiger partial charge in [-0.25, -0.2) is 0 Å². The van der Waals surface area contributed by atoms with Crippen LogP contribution < -0.4 is 5.11 Å². The van der Waals surface area contributed by atoms with Gasteiger partial charge in [-0.2, -0.15) is 0 Å². The van der Waals surface area contributed by atoms with Crippen molar-refractivity contribution in [2.24, 2.45) is 0 Å². The van der Waals surface area contributed by atoms with Gasteiger partial charge in [-0.05, 0) is 38.5 Å². The van der Waals surface area contributed by atoms with Crippen LogP contribution in [-0.4, -0.2) is 75.5 Å². The molecule has 0 aromatic heterocycles. The summed E-state index contributed by atoms with van der Waals surface area (Å²) in [5, 5.41) is 11.5. The van der Waals surface area contributed by atoms with Gasteiger partial charge in [0.25, 0.3) is 0 Å². The van der Waals surface area contributed by atoms with E-state index in [0.29, 0.717) is 12.8 Å². The molecule has 0 saturated carbocycles. The van der Waals surface area contributed by atoms with Crippen molar-refractivity contribution < 1.29 is 38.2 Å². The highest BCUT2D eigenvalue weighted by Crippen LogP contribution is 2.12. The number of carboxylic acid groups (broad SMARTS) is 1. The van der Waals surface area contributed by atoms with Gasteiger partial charge in [0.15, 0.2) is 6.10 Å². The second kappa shape index (κ2) is 28.5.